The molecule has 1 rings (SSSR count). The highest BCUT2D eigenvalue weighted by Crippen LogP contribution is 2.30. The van der Waals surface area contributed by atoms with Crippen molar-refractivity contribution in [3.63, 3.8) is 0 Å². The maximum atomic E-state index is 8.70. The molecule has 0 aromatic heterocycles. The molecule has 130 valence electrons. The van der Waals surface area contributed by atoms with Crippen LogP contribution in [0.4, 0.5) is 0 Å². The summed E-state index contributed by atoms with van der Waals surface area (Å²) in [6.07, 6.45) is 23.6. The predicted octanol–water partition coefficient (Wildman–Crippen LogP) is 5.78. The lowest BCUT2D eigenvalue weighted by atomic mass is 10.1. The lowest BCUT2D eigenvalue weighted by molar-refractivity contribution is 0.282. The molecule has 1 fully saturated rings. The average Bonchev–Trinajstić information content (AvgIpc) is 3.27. The van der Waals surface area contributed by atoms with Crippen LogP contribution in [0.5, 0.6) is 0 Å². The largest absolute Gasteiger partial charge is 0.396 e. The summed E-state index contributed by atoms with van der Waals surface area (Å²) in [6, 6.07) is 0. The highest BCUT2D eigenvalue weighted by molar-refractivity contribution is 4.93. The van der Waals surface area contributed by atoms with E-state index in [1.165, 1.54) is 77.0 Å². The summed E-state index contributed by atoms with van der Waals surface area (Å²) >= 11 is 0. The first-order chi connectivity index (χ1) is 10.9. The Hall–Kier alpha value is -0.340. The van der Waals surface area contributed by atoms with Gasteiger partial charge in [-0.2, -0.15) is 0 Å². The van der Waals surface area contributed by atoms with Crippen molar-refractivity contribution in [2.75, 3.05) is 6.61 Å². The molecular formula is C20H38O2. The third kappa shape index (κ3) is 11.3. The average molecular weight is 311 g/mol. The maximum absolute atomic E-state index is 8.70. The van der Waals surface area contributed by atoms with Crippen LogP contribution in [0.2, 0.25) is 0 Å². The van der Waals surface area contributed by atoms with Gasteiger partial charge in [0.2, 0.25) is 0 Å². The zero-order valence-corrected chi connectivity index (χ0v) is 14.8. The predicted molar refractivity (Wildman–Crippen MR) is 95.2 cm³/mol. The molecule has 1 N–H and O–H groups in total. The van der Waals surface area contributed by atoms with Crippen molar-refractivity contribution in [3.8, 4) is 0 Å². The third-order valence-electron chi connectivity index (χ3n) is 4.59. The van der Waals surface area contributed by atoms with Crippen molar-refractivity contribution < 1.29 is 9.84 Å². The van der Waals surface area contributed by atoms with E-state index in [0.29, 0.717) is 18.8 Å². The zero-order valence-electron chi connectivity index (χ0n) is 14.8. The van der Waals surface area contributed by atoms with Gasteiger partial charge >= 0.3 is 0 Å². The van der Waals surface area contributed by atoms with Gasteiger partial charge in [-0.05, 0) is 32.1 Å². The first kappa shape index (κ1) is 19.7. The van der Waals surface area contributed by atoms with Gasteiger partial charge in [-0.3, -0.25) is 0 Å². The maximum Gasteiger partial charge on any atom is 0.0876 e. The zero-order chi connectivity index (χ0) is 15.9. The minimum absolute atomic E-state index is 0.348. The number of ether oxygens (including phenoxy) is 1. The molecule has 1 saturated heterocycles. The van der Waals surface area contributed by atoms with Gasteiger partial charge in [-0.25, -0.2) is 0 Å². The van der Waals surface area contributed by atoms with E-state index in [9.17, 15) is 0 Å². The van der Waals surface area contributed by atoms with E-state index >= 15 is 0 Å². The van der Waals surface area contributed by atoms with Crippen LogP contribution < -0.4 is 0 Å². The van der Waals surface area contributed by atoms with Gasteiger partial charge in [-0.15, -0.1) is 0 Å². The fraction of sp³-hybridized carbons (Fsp3) is 0.900. The summed E-state index contributed by atoms with van der Waals surface area (Å²) in [5, 5.41) is 8.70. The van der Waals surface area contributed by atoms with E-state index in [0.717, 1.165) is 12.8 Å². The molecule has 22 heavy (non-hydrogen) atoms. The first-order valence-electron chi connectivity index (χ1n) is 9.79. The molecule has 2 atom stereocenters. The Morgan fingerprint density at radius 2 is 1.45 bits per heavy atom. The fourth-order valence-electron chi connectivity index (χ4n) is 3.02. The summed E-state index contributed by atoms with van der Waals surface area (Å²) in [4.78, 5) is 0. The molecule has 0 aliphatic carbocycles. The van der Waals surface area contributed by atoms with E-state index in [1.807, 2.05) is 0 Å². The van der Waals surface area contributed by atoms with Gasteiger partial charge in [0.15, 0.2) is 0 Å². The van der Waals surface area contributed by atoms with Crippen LogP contribution in [-0.4, -0.2) is 23.9 Å². The van der Waals surface area contributed by atoms with Crippen LogP contribution in [0.3, 0.4) is 0 Å². The van der Waals surface area contributed by atoms with Crippen molar-refractivity contribution in [2.45, 2.75) is 109 Å². The number of allylic oxidation sites excluding steroid dienone is 1. The first-order valence-corrected chi connectivity index (χ1v) is 9.79. The Morgan fingerprint density at radius 3 is 2.23 bits per heavy atom. The SMILES string of the molecule is CCCCCCCCC1OC1C/C=C\CCCCCCCO. The molecule has 2 unspecified atom stereocenters. The Kier molecular flexibility index (Phi) is 12.8. The highest BCUT2D eigenvalue weighted by Gasteiger charge is 2.36. The monoisotopic (exact) mass is 310 g/mol. The lowest BCUT2D eigenvalue weighted by Gasteiger charge is -1.98. The van der Waals surface area contributed by atoms with Gasteiger partial charge in [0.05, 0.1) is 12.2 Å². The summed E-state index contributed by atoms with van der Waals surface area (Å²) in [7, 11) is 0. The number of hydrogen-bond acceptors (Lipinski definition) is 2. The second-order valence-corrected chi connectivity index (χ2v) is 6.76. The molecule has 2 heteroatoms. The van der Waals surface area contributed by atoms with E-state index < -0.39 is 0 Å². The van der Waals surface area contributed by atoms with Gasteiger partial charge in [0.1, 0.15) is 0 Å². The van der Waals surface area contributed by atoms with Crippen molar-refractivity contribution in [3.05, 3.63) is 12.2 Å². The molecule has 0 saturated carbocycles. The van der Waals surface area contributed by atoms with Crippen molar-refractivity contribution >= 4 is 0 Å². The molecule has 1 aliphatic rings. The van der Waals surface area contributed by atoms with Crippen LogP contribution in [0.15, 0.2) is 12.2 Å². The molecule has 0 aromatic rings. The quantitative estimate of drug-likeness (QED) is 0.222. The van der Waals surface area contributed by atoms with Crippen LogP contribution in [0, 0.1) is 0 Å². The Balaban J connectivity index is 1.80. The number of aliphatic hydroxyl groups is 1. The van der Waals surface area contributed by atoms with E-state index in [1.54, 1.807) is 0 Å². The number of hydrogen-bond donors (Lipinski definition) is 1. The van der Waals surface area contributed by atoms with E-state index in [-0.39, 0.29) is 0 Å². The standard InChI is InChI=1S/C20H38O2/c1-2-3-4-5-10-13-16-19-20(22-19)17-14-11-8-6-7-9-12-15-18-21/h11,14,19-21H,2-10,12-13,15-18H2,1H3/b14-11-. The summed E-state index contributed by atoms with van der Waals surface area (Å²) in [5.41, 5.74) is 0. The highest BCUT2D eigenvalue weighted by atomic mass is 16.6. The summed E-state index contributed by atoms with van der Waals surface area (Å²) in [6.45, 7) is 2.62. The van der Waals surface area contributed by atoms with Crippen molar-refractivity contribution in [1.82, 2.24) is 0 Å². The second-order valence-electron chi connectivity index (χ2n) is 6.76. The van der Waals surface area contributed by atoms with Crippen molar-refractivity contribution in [1.29, 1.82) is 0 Å². The molecule has 0 aromatic carbocycles. The third-order valence-corrected chi connectivity index (χ3v) is 4.59. The fourth-order valence-corrected chi connectivity index (χ4v) is 3.02. The molecule has 0 spiro atoms. The Morgan fingerprint density at radius 1 is 0.773 bits per heavy atom. The van der Waals surface area contributed by atoms with Gasteiger partial charge in [0, 0.05) is 6.61 Å². The topological polar surface area (TPSA) is 32.8 Å². The van der Waals surface area contributed by atoms with Gasteiger partial charge in [0.25, 0.3) is 0 Å². The lowest BCUT2D eigenvalue weighted by Crippen LogP contribution is -1.93. The minimum Gasteiger partial charge on any atom is -0.396 e. The number of aliphatic hydroxyl groups excluding tert-OH is 1. The number of epoxide rings is 1. The van der Waals surface area contributed by atoms with Crippen LogP contribution in [0.25, 0.3) is 0 Å². The van der Waals surface area contributed by atoms with Crippen LogP contribution in [-0.2, 0) is 4.74 Å². The molecule has 0 radical (unpaired) electrons. The Labute approximate surface area is 138 Å². The van der Waals surface area contributed by atoms with E-state index in [4.69, 9.17) is 9.84 Å². The van der Waals surface area contributed by atoms with Crippen LogP contribution in [0.1, 0.15) is 96.8 Å². The molecule has 1 heterocycles. The molecule has 0 amide bonds. The van der Waals surface area contributed by atoms with Gasteiger partial charge < -0.3 is 9.84 Å². The summed E-state index contributed by atoms with van der Waals surface area (Å²) in [5.74, 6) is 0. The molecular weight excluding hydrogens is 272 g/mol. The van der Waals surface area contributed by atoms with Crippen LogP contribution >= 0.6 is 0 Å². The van der Waals surface area contributed by atoms with Gasteiger partial charge in [-0.1, -0.05) is 76.9 Å². The second kappa shape index (κ2) is 14.3. The van der Waals surface area contributed by atoms with E-state index in [2.05, 4.69) is 19.1 Å². The van der Waals surface area contributed by atoms with Crippen molar-refractivity contribution in [2.24, 2.45) is 0 Å². The normalized spacial score (nSPS) is 20.8. The smallest absolute Gasteiger partial charge is 0.0876 e. The summed E-state index contributed by atoms with van der Waals surface area (Å²) < 4.78 is 5.74. The molecule has 2 nitrogen and oxygen atoms in total. The number of rotatable bonds is 16. The molecule has 0 bridgehead atoms. The molecule has 1 aliphatic heterocycles. The Bertz CT molecular complexity index is 262. The number of unbranched alkanes of at least 4 members (excludes halogenated alkanes) is 10. The minimum atomic E-state index is 0.348.